The summed E-state index contributed by atoms with van der Waals surface area (Å²) in [5, 5.41) is 14.0. The minimum atomic E-state index is -0.476. The number of thiophene rings is 1. The second kappa shape index (κ2) is 5.72. The molecule has 2 nitrogen and oxygen atoms in total. The van der Waals surface area contributed by atoms with E-state index in [0.29, 0.717) is 5.92 Å². The summed E-state index contributed by atoms with van der Waals surface area (Å²) in [5.41, 5.74) is 0.904. The first-order valence-corrected chi connectivity index (χ1v) is 7.79. The summed E-state index contributed by atoms with van der Waals surface area (Å²) < 4.78 is 0. The van der Waals surface area contributed by atoms with Gasteiger partial charge in [0.15, 0.2) is 0 Å². The number of aryl methyl sites for hydroxylation is 2. The Morgan fingerprint density at radius 2 is 2.28 bits per heavy atom. The van der Waals surface area contributed by atoms with Crippen LogP contribution < -0.4 is 5.32 Å². The monoisotopic (exact) mass is 267 g/mol. The van der Waals surface area contributed by atoms with Crippen molar-refractivity contribution in [2.45, 2.75) is 58.6 Å². The van der Waals surface area contributed by atoms with Crippen molar-refractivity contribution in [3.05, 3.63) is 21.4 Å². The van der Waals surface area contributed by atoms with Crippen molar-refractivity contribution in [1.82, 2.24) is 5.32 Å². The van der Waals surface area contributed by atoms with Gasteiger partial charge in [0.05, 0.1) is 5.60 Å². The van der Waals surface area contributed by atoms with E-state index in [1.807, 2.05) is 11.3 Å². The molecule has 1 fully saturated rings. The van der Waals surface area contributed by atoms with Crippen molar-refractivity contribution in [1.29, 1.82) is 0 Å². The average molecular weight is 267 g/mol. The number of rotatable bonds is 4. The van der Waals surface area contributed by atoms with Gasteiger partial charge in [0.2, 0.25) is 0 Å². The van der Waals surface area contributed by atoms with Crippen LogP contribution in [0.5, 0.6) is 0 Å². The van der Waals surface area contributed by atoms with Crippen LogP contribution in [0.3, 0.4) is 0 Å². The Labute approximate surface area is 114 Å². The van der Waals surface area contributed by atoms with E-state index < -0.39 is 5.60 Å². The zero-order valence-electron chi connectivity index (χ0n) is 11.8. The van der Waals surface area contributed by atoms with Gasteiger partial charge in [-0.2, -0.15) is 0 Å². The van der Waals surface area contributed by atoms with Crippen LogP contribution in [0.4, 0.5) is 0 Å². The van der Waals surface area contributed by atoms with Gasteiger partial charge in [-0.1, -0.05) is 19.8 Å². The first-order chi connectivity index (χ1) is 8.48. The maximum atomic E-state index is 10.5. The third kappa shape index (κ3) is 3.56. The molecule has 1 aromatic heterocycles. The fourth-order valence-electron chi connectivity index (χ4n) is 3.08. The van der Waals surface area contributed by atoms with E-state index in [0.717, 1.165) is 32.4 Å². The lowest BCUT2D eigenvalue weighted by Crippen LogP contribution is -2.43. The zero-order chi connectivity index (χ0) is 13.2. The average Bonchev–Trinajstić information content (AvgIpc) is 2.57. The SMILES string of the molecule is Cc1cc(CNCC2(O)CCCC(C)C2)c(C)s1. The number of nitrogens with one attached hydrogen (secondary N) is 1. The van der Waals surface area contributed by atoms with Crippen LogP contribution in [-0.2, 0) is 6.54 Å². The zero-order valence-corrected chi connectivity index (χ0v) is 12.6. The van der Waals surface area contributed by atoms with Gasteiger partial charge in [0, 0.05) is 22.8 Å². The Morgan fingerprint density at radius 3 is 2.89 bits per heavy atom. The molecule has 0 spiro atoms. The van der Waals surface area contributed by atoms with E-state index >= 15 is 0 Å². The minimum Gasteiger partial charge on any atom is -0.389 e. The lowest BCUT2D eigenvalue weighted by atomic mass is 9.79. The van der Waals surface area contributed by atoms with Gasteiger partial charge in [-0.05, 0) is 44.2 Å². The lowest BCUT2D eigenvalue weighted by Gasteiger charge is -2.35. The quantitative estimate of drug-likeness (QED) is 0.876. The maximum Gasteiger partial charge on any atom is 0.0774 e. The molecule has 1 aromatic rings. The second-order valence-corrected chi connectivity index (χ2v) is 7.43. The molecule has 1 aliphatic rings. The maximum absolute atomic E-state index is 10.5. The molecule has 1 aliphatic carbocycles. The standard InChI is InChI=1S/C15H25NOS/c1-11-5-4-6-15(17,8-11)10-16-9-14-7-12(2)18-13(14)3/h7,11,16-17H,4-6,8-10H2,1-3H3. The summed E-state index contributed by atoms with van der Waals surface area (Å²) in [6, 6.07) is 2.25. The van der Waals surface area contributed by atoms with E-state index in [-0.39, 0.29) is 0 Å². The topological polar surface area (TPSA) is 32.3 Å². The van der Waals surface area contributed by atoms with Crippen molar-refractivity contribution >= 4 is 11.3 Å². The third-order valence-electron chi connectivity index (χ3n) is 3.98. The first-order valence-electron chi connectivity index (χ1n) is 6.97. The van der Waals surface area contributed by atoms with Crippen molar-refractivity contribution < 1.29 is 5.11 Å². The molecular formula is C15H25NOS. The van der Waals surface area contributed by atoms with Crippen LogP contribution in [0.2, 0.25) is 0 Å². The van der Waals surface area contributed by atoms with Gasteiger partial charge >= 0.3 is 0 Å². The number of hydrogen-bond acceptors (Lipinski definition) is 3. The summed E-state index contributed by atoms with van der Waals surface area (Å²) in [6.07, 6.45) is 4.33. The summed E-state index contributed by atoms with van der Waals surface area (Å²) in [5.74, 6) is 0.663. The first kappa shape index (κ1) is 14.0. The van der Waals surface area contributed by atoms with Crippen LogP contribution in [0.15, 0.2) is 6.07 Å². The number of hydrogen-bond donors (Lipinski definition) is 2. The third-order valence-corrected chi connectivity index (χ3v) is 4.99. The Bertz CT molecular complexity index is 401. The van der Waals surface area contributed by atoms with Crippen LogP contribution >= 0.6 is 11.3 Å². The molecule has 0 amide bonds. The van der Waals surface area contributed by atoms with Crippen LogP contribution in [0.1, 0.15) is 47.9 Å². The molecule has 2 unspecified atom stereocenters. The van der Waals surface area contributed by atoms with Gasteiger partial charge in [-0.25, -0.2) is 0 Å². The molecule has 18 heavy (non-hydrogen) atoms. The fraction of sp³-hybridized carbons (Fsp3) is 0.733. The predicted octanol–water partition coefficient (Wildman–Crippen LogP) is 3.40. The van der Waals surface area contributed by atoms with Crippen molar-refractivity contribution in [2.75, 3.05) is 6.54 Å². The van der Waals surface area contributed by atoms with Gasteiger partial charge in [-0.3, -0.25) is 0 Å². The smallest absolute Gasteiger partial charge is 0.0774 e. The molecule has 1 heterocycles. The van der Waals surface area contributed by atoms with Crippen molar-refractivity contribution in [3.8, 4) is 0 Å². The Hall–Kier alpha value is -0.380. The van der Waals surface area contributed by atoms with E-state index in [2.05, 4.69) is 32.2 Å². The second-order valence-electron chi connectivity index (χ2n) is 5.97. The van der Waals surface area contributed by atoms with Gasteiger partial charge < -0.3 is 10.4 Å². The molecule has 0 radical (unpaired) electrons. The molecular weight excluding hydrogens is 242 g/mol. The van der Waals surface area contributed by atoms with Gasteiger partial charge in [0.1, 0.15) is 0 Å². The van der Waals surface area contributed by atoms with Crippen molar-refractivity contribution in [2.24, 2.45) is 5.92 Å². The molecule has 0 aromatic carbocycles. The largest absolute Gasteiger partial charge is 0.389 e. The molecule has 0 saturated heterocycles. The number of aliphatic hydroxyl groups is 1. The molecule has 1 saturated carbocycles. The molecule has 0 bridgehead atoms. The van der Waals surface area contributed by atoms with Crippen LogP contribution in [0, 0.1) is 19.8 Å². The summed E-state index contributed by atoms with van der Waals surface area (Å²) in [7, 11) is 0. The normalized spacial score (nSPS) is 28.6. The molecule has 2 N–H and O–H groups in total. The van der Waals surface area contributed by atoms with E-state index in [4.69, 9.17) is 0 Å². The summed E-state index contributed by atoms with van der Waals surface area (Å²) >= 11 is 1.85. The highest BCUT2D eigenvalue weighted by Crippen LogP contribution is 2.31. The van der Waals surface area contributed by atoms with Crippen LogP contribution in [0.25, 0.3) is 0 Å². The Morgan fingerprint density at radius 1 is 1.50 bits per heavy atom. The molecule has 3 heteroatoms. The predicted molar refractivity (Wildman–Crippen MR) is 78.1 cm³/mol. The van der Waals surface area contributed by atoms with E-state index in [9.17, 15) is 5.11 Å². The summed E-state index contributed by atoms with van der Waals surface area (Å²) in [4.78, 5) is 2.76. The highest BCUT2D eigenvalue weighted by atomic mass is 32.1. The van der Waals surface area contributed by atoms with Crippen LogP contribution in [-0.4, -0.2) is 17.3 Å². The highest BCUT2D eigenvalue weighted by Gasteiger charge is 2.31. The molecule has 0 aliphatic heterocycles. The minimum absolute atomic E-state index is 0.476. The summed E-state index contributed by atoms with van der Waals surface area (Å²) in [6.45, 7) is 8.18. The van der Waals surface area contributed by atoms with Crippen molar-refractivity contribution in [3.63, 3.8) is 0 Å². The molecule has 102 valence electrons. The molecule has 2 rings (SSSR count). The van der Waals surface area contributed by atoms with Gasteiger partial charge in [0.25, 0.3) is 0 Å². The Kier molecular flexibility index (Phi) is 4.46. The molecule has 2 atom stereocenters. The fourth-order valence-corrected chi connectivity index (χ4v) is 4.03. The van der Waals surface area contributed by atoms with Gasteiger partial charge in [-0.15, -0.1) is 11.3 Å². The highest BCUT2D eigenvalue weighted by molar-refractivity contribution is 7.12. The van der Waals surface area contributed by atoms with E-state index in [1.165, 1.54) is 21.7 Å². The van der Waals surface area contributed by atoms with E-state index in [1.54, 1.807) is 0 Å². The lowest BCUT2D eigenvalue weighted by molar-refractivity contribution is -0.0119. The Balaban J connectivity index is 1.83.